The van der Waals surface area contributed by atoms with Crippen molar-refractivity contribution in [2.24, 2.45) is 0 Å². The van der Waals surface area contributed by atoms with Crippen LogP contribution in [0.25, 0.3) is 10.9 Å². The number of hydrogen-bond donors (Lipinski definition) is 2. The molecule has 1 fully saturated rings. The maximum atomic E-state index is 11.3. The second kappa shape index (κ2) is 7.94. The van der Waals surface area contributed by atoms with Crippen molar-refractivity contribution in [2.45, 2.75) is 31.5 Å². The van der Waals surface area contributed by atoms with Gasteiger partial charge in [0.1, 0.15) is 6.17 Å². The molecule has 0 saturated carbocycles. The minimum atomic E-state index is -0.818. The lowest BCUT2D eigenvalue weighted by molar-refractivity contribution is -0.136. The van der Waals surface area contributed by atoms with Crippen molar-refractivity contribution in [2.75, 3.05) is 13.2 Å². The zero-order valence-corrected chi connectivity index (χ0v) is 15.2. The summed E-state index contributed by atoms with van der Waals surface area (Å²) in [5.41, 5.74) is 3.00. The van der Waals surface area contributed by atoms with Crippen molar-refractivity contribution < 1.29 is 14.6 Å². The van der Waals surface area contributed by atoms with Crippen LogP contribution in [0.2, 0.25) is 0 Å². The number of nitrogens with one attached hydrogen (secondary N) is 1. The monoisotopic (exact) mass is 364 g/mol. The van der Waals surface area contributed by atoms with Crippen molar-refractivity contribution in [3.8, 4) is 0 Å². The normalized spacial score (nSPS) is 18.0. The Bertz CT molecular complexity index is 914. The fourth-order valence-electron chi connectivity index (χ4n) is 3.86. The first-order chi connectivity index (χ1) is 13.2. The van der Waals surface area contributed by atoms with Gasteiger partial charge in [0, 0.05) is 30.3 Å². The van der Waals surface area contributed by atoms with E-state index in [2.05, 4.69) is 22.0 Å². The van der Waals surface area contributed by atoms with Crippen LogP contribution in [-0.2, 0) is 16.0 Å². The molecule has 4 rings (SSSR count). The third-order valence-electron chi connectivity index (χ3n) is 5.12. The van der Waals surface area contributed by atoms with Crippen molar-refractivity contribution in [1.29, 1.82) is 0 Å². The van der Waals surface area contributed by atoms with E-state index in [0.29, 0.717) is 0 Å². The summed E-state index contributed by atoms with van der Waals surface area (Å²) >= 11 is 0. The average molecular weight is 364 g/mol. The number of carboxylic acid groups (broad SMARTS) is 1. The van der Waals surface area contributed by atoms with Gasteiger partial charge in [0.2, 0.25) is 0 Å². The Morgan fingerprint density at radius 3 is 2.70 bits per heavy atom. The molecule has 5 heteroatoms. The number of ether oxygens (including phenoxy) is 1. The Morgan fingerprint density at radius 2 is 1.96 bits per heavy atom. The first kappa shape index (κ1) is 17.8. The van der Waals surface area contributed by atoms with Crippen LogP contribution in [0.15, 0.2) is 60.8 Å². The maximum absolute atomic E-state index is 11.3. The second-order valence-corrected chi connectivity index (χ2v) is 7.01. The van der Waals surface area contributed by atoms with E-state index >= 15 is 0 Å². The topological polar surface area (TPSA) is 63.5 Å². The van der Waals surface area contributed by atoms with E-state index in [1.54, 1.807) is 0 Å². The number of rotatable bonds is 7. The highest BCUT2D eigenvalue weighted by Crippen LogP contribution is 2.28. The average Bonchev–Trinajstić information content (AvgIpc) is 3.32. The molecule has 2 atom stereocenters. The zero-order valence-electron chi connectivity index (χ0n) is 15.2. The molecule has 0 radical (unpaired) electrons. The number of aliphatic carboxylic acids is 1. The molecule has 2 N–H and O–H groups in total. The number of fused-ring (bicyclic) bond motifs is 1. The van der Waals surface area contributed by atoms with Gasteiger partial charge in [-0.2, -0.15) is 0 Å². The lowest BCUT2D eigenvalue weighted by Crippen LogP contribution is -2.33. The molecule has 1 aromatic heterocycles. The van der Waals surface area contributed by atoms with E-state index in [-0.39, 0.29) is 18.7 Å². The number of nitrogens with zero attached hydrogens (tertiary/aromatic N) is 1. The number of carboxylic acids is 1. The van der Waals surface area contributed by atoms with Crippen molar-refractivity contribution in [3.05, 3.63) is 71.9 Å². The summed E-state index contributed by atoms with van der Waals surface area (Å²) in [7, 11) is 0. The molecule has 1 aliphatic rings. The lowest BCUT2D eigenvalue weighted by atomic mass is 10.1. The highest BCUT2D eigenvalue weighted by molar-refractivity contribution is 5.87. The van der Waals surface area contributed by atoms with Gasteiger partial charge in [0.15, 0.2) is 0 Å². The molecule has 0 bridgehead atoms. The Hall–Kier alpha value is -2.63. The van der Waals surface area contributed by atoms with Gasteiger partial charge in [-0.15, -0.1) is 0 Å². The number of benzene rings is 2. The van der Waals surface area contributed by atoms with Gasteiger partial charge in [-0.1, -0.05) is 48.5 Å². The predicted molar refractivity (Wildman–Crippen MR) is 105 cm³/mol. The van der Waals surface area contributed by atoms with E-state index < -0.39 is 5.97 Å². The van der Waals surface area contributed by atoms with Crippen LogP contribution >= 0.6 is 0 Å². The Balaban J connectivity index is 1.73. The molecule has 0 spiro atoms. The summed E-state index contributed by atoms with van der Waals surface area (Å²) in [5.74, 6) is -0.818. The number of para-hydroxylation sites is 1. The van der Waals surface area contributed by atoms with Crippen LogP contribution in [-0.4, -0.2) is 34.9 Å². The smallest absolute Gasteiger partial charge is 0.307 e. The molecule has 27 heavy (non-hydrogen) atoms. The molecular formula is C22H24N2O3. The summed E-state index contributed by atoms with van der Waals surface area (Å²) < 4.78 is 7.92. The Kier molecular flexibility index (Phi) is 5.23. The standard InChI is InChI=1S/C22H24N2O3/c25-21(26)13-17-15-24(20-11-5-4-10-19(17)20)22(16-7-2-1-3-8-16)23-14-18-9-6-12-27-18/h1-5,7-8,10-11,15,18,22-23H,6,9,12-14H2,(H,25,26). The lowest BCUT2D eigenvalue weighted by Gasteiger charge is -2.24. The van der Waals surface area contributed by atoms with Crippen LogP contribution in [0, 0.1) is 0 Å². The van der Waals surface area contributed by atoms with Gasteiger partial charge >= 0.3 is 5.97 Å². The minimum Gasteiger partial charge on any atom is -0.481 e. The quantitative estimate of drug-likeness (QED) is 0.673. The van der Waals surface area contributed by atoms with Gasteiger partial charge in [-0.05, 0) is 30.0 Å². The van der Waals surface area contributed by atoms with Gasteiger partial charge in [-0.25, -0.2) is 0 Å². The fourth-order valence-corrected chi connectivity index (χ4v) is 3.86. The Morgan fingerprint density at radius 1 is 1.19 bits per heavy atom. The number of carbonyl (C=O) groups is 1. The second-order valence-electron chi connectivity index (χ2n) is 7.01. The van der Waals surface area contributed by atoms with Crippen LogP contribution in [0.3, 0.4) is 0 Å². The summed E-state index contributed by atoms with van der Waals surface area (Å²) in [6.07, 6.45) is 4.32. The van der Waals surface area contributed by atoms with Gasteiger partial charge in [-0.3, -0.25) is 10.1 Å². The molecule has 0 amide bonds. The predicted octanol–water partition coefficient (Wildman–Crippen LogP) is 3.58. The molecule has 1 saturated heterocycles. The van der Waals surface area contributed by atoms with E-state index in [4.69, 9.17) is 4.74 Å². The van der Waals surface area contributed by atoms with Crippen molar-refractivity contribution in [3.63, 3.8) is 0 Å². The van der Waals surface area contributed by atoms with Gasteiger partial charge < -0.3 is 14.4 Å². The maximum Gasteiger partial charge on any atom is 0.307 e. The third kappa shape index (κ3) is 3.89. The SMILES string of the molecule is O=C(O)Cc1cn(C(NCC2CCCO2)c2ccccc2)c2ccccc12. The number of hydrogen-bond acceptors (Lipinski definition) is 3. The molecule has 2 unspecified atom stereocenters. The highest BCUT2D eigenvalue weighted by Gasteiger charge is 2.21. The summed E-state index contributed by atoms with van der Waals surface area (Å²) in [5, 5.41) is 13.9. The van der Waals surface area contributed by atoms with E-state index in [1.165, 1.54) is 0 Å². The fraction of sp³-hybridized carbons (Fsp3) is 0.318. The van der Waals surface area contributed by atoms with Crippen LogP contribution in [0.4, 0.5) is 0 Å². The molecule has 2 aromatic carbocycles. The molecule has 2 heterocycles. The van der Waals surface area contributed by atoms with Crippen molar-refractivity contribution in [1.82, 2.24) is 9.88 Å². The molecule has 140 valence electrons. The van der Waals surface area contributed by atoms with E-state index in [1.807, 2.05) is 48.7 Å². The molecule has 5 nitrogen and oxygen atoms in total. The zero-order chi connectivity index (χ0) is 18.6. The van der Waals surface area contributed by atoms with Gasteiger partial charge in [0.25, 0.3) is 0 Å². The molecule has 0 aliphatic carbocycles. The highest BCUT2D eigenvalue weighted by atomic mass is 16.5. The largest absolute Gasteiger partial charge is 0.481 e. The molecular weight excluding hydrogens is 340 g/mol. The van der Waals surface area contributed by atoms with E-state index in [0.717, 1.165) is 48.0 Å². The van der Waals surface area contributed by atoms with Crippen LogP contribution in [0.1, 0.15) is 30.1 Å². The summed E-state index contributed by atoms with van der Waals surface area (Å²) in [6.45, 7) is 1.60. The number of aromatic nitrogens is 1. The third-order valence-corrected chi connectivity index (χ3v) is 5.12. The minimum absolute atomic E-state index is 0.0146. The van der Waals surface area contributed by atoms with Crippen molar-refractivity contribution >= 4 is 16.9 Å². The van der Waals surface area contributed by atoms with Gasteiger partial charge in [0.05, 0.1) is 12.5 Å². The summed E-state index contributed by atoms with van der Waals surface area (Å²) in [4.78, 5) is 11.3. The first-order valence-electron chi connectivity index (χ1n) is 9.42. The van der Waals surface area contributed by atoms with E-state index in [9.17, 15) is 9.90 Å². The van der Waals surface area contributed by atoms with Crippen LogP contribution < -0.4 is 5.32 Å². The Labute approximate surface area is 158 Å². The molecule has 3 aromatic rings. The van der Waals surface area contributed by atoms with Crippen LogP contribution in [0.5, 0.6) is 0 Å². The molecule has 1 aliphatic heterocycles. The summed E-state index contributed by atoms with van der Waals surface area (Å²) in [6, 6.07) is 18.2. The first-order valence-corrected chi connectivity index (χ1v) is 9.42.